The van der Waals surface area contributed by atoms with Crippen molar-refractivity contribution in [2.24, 2.45) is 0 Å². The van der Waals surface area contributed by atoms with Crippen LogP contribution < -0.4 is 10.1 Å². The van der Waals surface area contributed by atoms with Crippen LogP contribution in [-0.4, -0.2) is 23.2 Å². The zero-order valence-corrected chi connectivity index (χ0v) is 11.6. The van der Waals surface area contributed by atoms with Crippen LogP contribution in [0.3, 0.4) is 0 Å². The molecule has 0 atom stereocenters. The van der Waals surface area contributed by atoms with Crippen LogP contribution >= 0.6 is 11.6 Å². The van der Waals surface area contributed by atoms with Gasteiger partial charge in [-0.1, -0.05) is 11.6 Å². The van der Waals surface area contributed by atoms with Gasteiger partial charge in [-0.15, -0.1) is 0 Å². The number of aromatic nitrogens is 2. The SMILES string of the molecule is COc1ccc(Cl)cc1C(=O)Nc1n[nH]c(C)c1C. The van der Waals surface area contributed by atoms with Crippen LogP contribution in [0.25, 0.3) is 0 Å². The van der Waals surface area contributed by atoms with Gasteiger partial charge in [0, 0.05) is 16.3 Å². The number of aryl methyl sites for hydroxylation is 1. The average molecular weight is 280 g/mol. The molecule has 0 aliphatic heterocycles. The number of ether oxygens (including phenoxy) is 1. The molecule has 0 aliphatic rings. The number of anilines is 1. The zero-order chi connectivity index (χ0) is 14.0. The first-order valence-electron chi connectivity index (χ1n) is 5.69. The lowest BCUT2D eigenvalue weighted by molar-refractivity contribution is 0.102. The molecule has 0 spiro atoms. The molecule has 1 aromatic heterocycles. The monoisotopic (exact) mass is 279 g/mol. The Labute approximate surface area is 115 Å². The zero-order valence-electron chi connectivity index (χ0n) is 10.9. The van der Waals surface area contributed by atoms with E-state index in [-0.39, 0.29) is 5.91 Å². The lowest BCUT2D eigenvalue weighted by atomic mass is 10.2. The number of carbonyl (C=O) groups excluding carboxylic acids is 1. The fourth-order valence-electron chi connectivity index (χ4n) is 1.64. The highest BCUT2D eigenvalue weighted by Crippen LogP contribution is 2.24. The molecule has 0 saturated carbocycles. The Hall–Kier alpha value is -2.01. The lowest BCUT2D eigenvalue weighted by Crippen LogP contribution is -2.14. The topological polar surface area (TPSA) is 67.0 Å². The summed E-state index contributed by atoms with van der Waals surface area (Å²) >= 11 is 5.90. The van der Waals surface area contributed by atoms with Gasteiger partial charge in [0.15, 0.2) is 5.82 Å². The molecule has 0 radical (unpaired) electrons. The molecule has 0 unspecified atom stereocenters. The van der Waals surface area contributed by atoms with Crippen molar-refractivity contribution in [3.63, 3.8) is 0 Å². The highest BCUT2D eigenvalue weighted by Gasteiger charge is 2.15. The Morgan fingerprint density at radius 3 is 2.74 bits per heavy atom. The number of hydrogen-bond donors (Lipinski definition) is 2. The Balaban J connectivity index is 2.30. The van der Waals surface area contributed by atoms with E-state index in [1.54, 1.807) is 18.2 Å². The number of methoxy groups -OCH3 is 1. The number of aromatic amines is 1. The number of carbonyl (C=O) groups is 1. The summed E-state index contributed by atoms with van der Waals surface area (Å²) in [6, 6.07) is 4.88. The molecule has 100 valence electrons. The highest BCUT2D eigenvalue weighted by atomic mass is 35.5. The third-order valence-corrected chi connectivity index (χ3v) is 3.13. The summed E-state index contributed by atoms with van der Waals surface area (Å²) < 4.78 is 5.15. The molecular formula is C13H14ClN3O2. The van der Waals surface area contributed by atoms with Gasteiger partial charge in [0.1, 0.15) is 5.75 Å². The molecule has 1 heterocycles. The molecule has 1 amide bonds. The summed E-state index contributed by atoms with van der Waals surface area (Å²) in [6.07, 6.45) is 0. The maximum Gasteiger partial charge on any atom is 0.260 e. The van der Waals surface area contributed by atoms with Crippen molar-refractivity contribution in [1.29, 1.82) is 0 Å². The molecule has 5 nitrogen and oxygen atoms in total. The number of nitrogens with one attached hydrogen (secondary N) is 2. The van der Waals surface area contributed by atoms with E-state index in [9.17, 15) is 4.79 Å². The Morgan fingerprint density at radius 2 is 2.16 bits per heavy atom. The smallest absolute Gasteiger partial charge is 0.260 e. The molecule has 6 heteroatoms. The number of nitrogens with zero attached hydrogens (tertiary/aromatic N) is 1. The fourth-order valence-corrected chi connectivity index (χ4v) is 1.81. The molecule has 0 fully saturated rings. The van der Waals surface area contributed by atoms with Crippen LogP contribution in [0.1, 0.15) is 21.6 Å². The van der Waals surface area contributed by atoms with Crippen molar-refractivity contribution < 1.29 is 9.53 Å². The number of amides is 1. The molecule has 0 aliphatic carbocycles. The molecule has 2 rings (SSSR count). The summed E-state index contributed by atoms with van der Waals surface area (Å²) in [4.78, 5) is 12.2. The molecule has 2 N–H and O–H groups in total. The van der Waals surface area contributed by atoms with Crippen molar-refractivity contribution in [2.45, 2.75) is 13.8 Å². The molecular weight excluding hydrogens is 266 g/mol. The number of halogens is 1. The lowest BCUT2D eigenvalue weighted by Gasteiger charge is -2.08. The maximum atomic E-state index is 12.2. The fraction of sp³-hybridized carbons (Fsp3) is 0.231. The number of rotatable bonds is 3. The summed E-state index contributed by atoms with van der Waals surface area (Å²) in [6.45, 7) is 3.77. The van der Waals surface area contributed by atoms with E-state index in [1.165, 1.54) is 7.11 Å². The maximum absolute atomic E-state index is 12.2. The number of hydrogen-bond acceptors (Lipinski definition) is 3. The molecule has 19 heavy (non-hydrogen) atoms. The van der Waals surface area contributed by atoms with Crippen LogP contribution in [0, 0.1) is 13.8 Å². The van der Waals surface area contributed by atoms with E-state index in [1.807, 2.05) is 13.8 Å². The molecule has 1 aromatic carbocycles. The quantitative estimate of drug-likeness (QED) is 0.908. The van der Waals surface area contributed by atoms with Gasteiger partial charge < -0.3 is 10.1 Å². The first-order valence-corrected chi connectivity index (χ1v) is 6.07. The average Bonchev–Trinajstić information content (AvgIpc) is 2.70. The van der Waals surface area contributed by atoms with Gasteiger partial charge in [-0.05, 0) is 32.0 Å². The molecule has 0 saturated heterocycles. The molecule has 2 aromatic rings. The third-order valence-electron chi connectivity index (χ3n) is 2.89. The van der Waals surface area contributed by atoms with E-state index in [0.717, 1.165) is 11.3 Å². The van der Waals surface area contributed by atoms with E-state index in [2.05, 4.69) is 15.5 Å². The minimum absolute atomic E-state index is 0.311. The Bertz CT molecular complexity index is 622. The van der Waals surface area contributed by atoms with Crippen molar-refractivity contribution in [1.82, 2.24) is 10.2 Å². The van der Waals surface area contributed by atoms with Gasteiger partial charge in [0.2, 0.25) is 0 Å². The van der Waals surface area contributed by atoms with Gasteiger partial charge in [-0.2, -0.15) is 5.10 Å². The van der Waals surface area contributed by atoms with Gasteiger partial charge in [0.25, 0.3) is 5.91 Å². The standard InChI is InChI=1S/C13H14ClN3O2/c1-7-8(2)16-17-12(7)15-13(18)10-6-9(14)4-5-11(10)19-3/h4-6H,1-3H3,(H2,15,16,17,18). The van der Waals surface area contributed by atoms with E-state index >= 15 is 0 Å². The molecule has 0 bridgehead atoms. The van der Waals surface area contributed by atoms with Crippen LogP contribution in [-0.2, 0) is 0 Å². The van der Waals surface area contributed by atoms with Gasteiger partial charge in [-0.25, -0.2) is 0 Å². The van der Waals surface area contributed by atoms with Crippen molar-refractivity contribution in [3.8, 4) is 5.75 Å². The van der Waals surface area contributed by atoms with Crippen LogP contribution in [0.4, 0.5) is 5.82 Å². The Morgan fingerprint density at radius 1 is 1.42 bits per heavy atom. The first kappa shape index (κ1) is 13.4. The van der Waals surface area contributed by atoms with Crippen molar-refractivity contribution in [3.05, 3.63) is 40.0 Å². The number of H-pyrrole nitrogens is 1. The second-order valence-corrected chi connectivity index (χ2v) is 4.56. The van der Waals surface area contributed by atoms with Gasteiger partial charge in [-0.3, -0.25) is 9.89 Å². The minimum Gasteiger partial charge on any atom is -0.496 e. The van der Waals surface area contributed by atoms with Gasteiger partial charge in [0.05, 0.1) is 12.7 Å². The predicted octanol–water partition coefficient (Wildman–Crippen LogP) is 2.94. The predicted molar refractivity (Wildman–Crippen MR) is 74.0 cm³/mol. The summed E-state index contributed by atoms with van der Waals surface area (Å²) in [5.41, 5.74) is 2.18. The Kier molecular flexibility index (Phi) is 3.76. The summed E-state index contributed by atoms with van der Waals surface area (Å²) in [5.74, 6) is 0.658. The second kappa shape index (κ2) is 5.32. The number of benzene rings is 1. The second-order valence-electron chi connectivity index (χ2n) is 4.12. The van der Waals surface area contributed by atoms with Gasteiger partial charge >= 0.3 is 0 Å². The van der Waals surface area contributed by atoms with Crippen LogP contribution in [0.2, 0.25) is 5.02 Å². The third kappa shape index (κ3) is 2.71. The van der Waals surface area contributed by atoms with Crippen molar-refractivity contribution >= 4 is 23.3 Å². The van der Waals surface area contributed by atoms with E-state index in [0.29, 0.717) is 22.2 Å². The highest BCUT2D eigenvalue weighted by molar-refractivity contribution is 6.31. The summed E-state index contributed by atoms with van der Waals surface area (Å²) in [7, 11) is 1.50. The van der Waals surface area contributed by atoms with Crippen LogP contribution in [0.5, 0.6) is 5.75 Å². The van der Waals surface area contributed by atoms with E-state index in [4.69, 9.17) is 16.3 Å². The minimum atomic E-state index is -0.311. The largest absolute Gasteiger partial charge is 0.496 e. The van der Waals surface area contributed by atoms with E-state index < -0.39 is 0 Å². The summed E-state index contributed by atoms with van der Waals surface area (Å²) in [5, 5.41) is 10.0. The normalized spacial score (nSPS) is 10.3. The van der Waals surface area contributed by atoms with Crippen LogP contribution in [0.15, 0.2) is 18.2 Å². The van der Waals surface area contributed by atoms with Crippen molar-refractivity contribution in [2.75, 3.05) is 12.4 Å². The first-order chi connectivity index (χ1) is 9.02.